The van der Waals surface area contributed by atoms with Crippen LogP contribution in [0.5, 0.6) is 11.5 Å². The number of anilines is 1. The van der Waals surface area contributed by atoms with Gasteiger partial charge in [-0.05, 0) is 44.7 Å². The minimum Gasteiger partial charge on any atom is -0.486 e. The van der Waals surface area contributed by atoms with Gasteiger partial charge >= 0.3 is 0 Å². The van der Waals surface area contributed by atoms with Crippen molar-refractivity contribution in [2.45, 2.75) is 38.6 Å². The largest absolute Gasteiger partial charge is 0.486 e. The van der Waals surface area contributed by atoms with Crippen molar-refractivity contribution in [1.29, 1.82) is 0 Å². The number of amides is 1. The number of fused-ring (bicyclic) bond motifs is 1. The van der Waals surface area contributed by atoms with Crippen LogP contribution in [0.1, 0.15) is 32.6 Å². The number of allylic oxidation sites excluding steroid dienone is 1. The zero-order chi connectivity index (χ0) is 19.4. The molecule has 1 heterocycles. The second-order valence-corrected chi connectivity index (χ2v) is 8.75. The van der Waals surface area contributed by atoms with E-state index in [0.717, 1.165) is 29.8 Å². The highest BCUT2D eigenvalue weighted by atomic mass is 32.2. The van der Waals surface area contributed by atoms with Crippen LogP contribution in [-0.4, -0.2) is 46.4 Å². The molecule has 1 amide bonds. The van der Waals surface area contributed by atoms with Gasteiger partial charge < -0.3 is 14.8 Å². The molecule has 0 spiro atoms. The van der Waals surface area contributed by atoms with Gasteiger partial charge in [0.25, 0.3) is 0 Å². The molecule has 0 saturated carbocycles. The van der Waals surface area contributed by atoms with Crippen LogP contribution in [0, 0.1) is 0 Å². The topological polar surface area (TPSA) is 84.9 Å². The first-order valence-electron chi connectivity index (χ1n) is 9.21. The van der Waals surface area contributed by atoms with E-state index in [1.54, 1.807) is 25.1 Å². The smallest absolute Gasteiger partial charge is 0.243 e. The molecule has 0 saturated heterocycles. The number of ether oxygens (including phenoxy) is 2. The minimum absolute atomic E-state index is 0.332. The SMILES string of the molecule is C[C@@H](C(=O)NCC1=CCCCC1)N(c1ccc2c(c1)OCCO2)S(C)(=O)=O. The average Bonchev–Trinajstić information content (AvgIpc) is 2.65. The van der Waals surface area contributed by atoms with Crippen molar-refractivity contribution in [3.8, 4) is 11.5 Å². The number of hydrogen-bond acceptors (Lipinski definition) is 5. The lowest BCUT2D eigenvalue weighted by molar-refractivity contribution is -0.121. The van der Waals surface area contributed by atoms with E-state index < -0.39 is 16.1 Å². The zero-order valence-electron chi connectivity index (χ0n) is 15.7. The summed E-state index contributed by atoms with van der Waals surface area (Å²) in [4.78, 5) is 12.6. The van der Waals surface area contributed by atoms with E-state index in [1.165, 1.54) is 12.0 Å². The molecular weight excluding hydrogens is 368 g/mol. The van der Waals surface area contributed by atoms with Gasteiger partial charge in [-0.15, -0.1) is 0 Å². The molecule has 1 aliphatic carbocycles. The van der Waals surface area contributed by atoms with Crippen LogP contribution in [0.4, 0.5) is 5.69 Å². The fraction of sp³-hybridized carbons (Fsp3) is 0.526. The number of nitrogens with zero attached hydrogens (tertiary/aromatic N) is 1. The fourth-order valence-electron chi connectivity index (χ4n) is 3.39. The molecule has 2 aliphatic rings. The Balaban J connectivity index is 1.78. The summed E-state index contributed by atoms with van der Waals surface area (Å²) in [6, 6.07) is 4.01. The fourth-order valence-corrected chi connectivity index (χ4v) is 4.56. The van der Waals surface area contributed by atoms with E-state index in [0.29, 0.717) is 36.9 Å². The predicted octanol–water partition coefficient (Wildman–Crippen LogP) is 2.23. The summed E-state index contributed by atoms with van der Waals surface area (Å²) in [6.07, 6.45) is 7.57. The normalized spacial score (nSPS) is 17.6. The quantitative estimate of drug-likeness (QED) is 0.748. The van der Waals surface area contributed by atoms with Crippen LogP contribution in [0.3, 0.4) is 0 Å². The summed E-state index contributed by atoms with van der Waals surface area (Å²) in [7, 11) is -3.67. The van der Waals surface area contributed by atoms with Crippen LogP contribution in [0.15, 0.2) is 29.8 Å². The maximum Gasteiger partial charge on any atom is 0.243 e. The van der Waals surface area contributed by atoms with Gasteiger partial charge in [0.1, 0.15) is 19.3 Å². The molecule has 3 rings (SSSR count). The van der Waals surface area contributed by atoms with Crippen LogP contribution >= 0.6 is 0 Å². The number of carbonyl (C=O) groups excluding carboxylic acids is 1. The van der Waals surface area contributed by atoms with Crippen molar-refractivity contribution in [2.24, 2.45) is 0 Å². The molecule has 0 radical (unpaired) electrons. The van der Waals surface area contributed by atoms with Crippen molar-refractivity contribution in [2.75, 3.05) is 30.3 Å². The summed E-state index contributed by atoms with van der Waals surface area (Å²) >= 11 is 0. The Morgan fingerprint density at radius 3 is 2.63 bits per heavy atom. The number of rotatable bonds is 6. The van der Waals surface area contributed by atoms with Gasteiger partial charge in [-0.3, -0.25) is 9.10 Å². The lowest BCUT2D eigenvalue weighted by Gasteiger charge is -2.29. The van der Waals surface area contributed by atoms with E-state index >= 15 is 0 Å². The van der Waals surface area contributed by atoms with Crippen molar-refractivity contribution in [1.82, 2.24) is 5.32 Å². The molecule has 0 aromatic heterocycles. The first kappa shape index (κ1) is 19.5. The third-order valence-electron chi connectivity index (χ3n) is 4.74. The Kier molecular flexibility index (Phi) is 5.94. The first-order chi connectivity index (χ1) is 12.9. The monoisotopic (exact) mass is 394 g/mol. The van der Waals surface area contributed by atoms with Crippen LogP contribution in [0.25, 0.3) is 0 Å². The van der Waals surface area contributed by atoms with Gasteiger partial charge in [-0.25, -0.2) is 8.42 Å². The molecule has 1 aliphatic heterocycles. The lowest BCUT2D eigenvalue weighted by atomic mass is 10.00. The van der Waals surface area contributed by atoms with Gasteiger partial charge in [0.05, 0.1) is 11.9 Å². The van der Waals surface area contributed by atoms with Crippen molar-refractivity contribution in [3.05, 3.63) is 29.8 Å². The van der Waals surface area contributed by atoms with Crippen molar-refractivity contribution < 1.29 is 22.7 Å². The summed E-state index contributed by atoms with van der Waals surface area (Å²) in [5.74, 6) is 0.717. The van der Waals surface area contributed by atoms with Crippen LogP contribution < -0.4 is 19.1 Å². The standard InChI is InChI=1S/C19H26N2O5S/c1-14(19(22)20-13-15-6-4-3-5-7-15)21(27(2,23)24)16-8-9-17-18(12-16)26-11-10-25-17/h6,8-9,12,14H,3-5,7,10-11,13H2,1-2H3,(H,20,22)/t14-/m0/s1. The van der Waals surface area contributed by atoms with E-state index in [2.05, 4.69) is 11.4 Å². The van der Waals surface area contributed by atoms with Crippen molar-refractivity contribution >= 4 is 21.6 Å². The second-order valence-electron chi connectivity index (χ2n) is 6.89. The molecule has 1 aromatic carbocycles. The number of benzene rings is 1. The molecule has 7 nitrogen and oxygen atoms in total. The van der Waals surface area contributed by atoms with Crippen LogP contribution in [0.2, 0.25) is 0 Å². The number of carbonyl (C=O) groups is 1. The molecule has 8 heteroatoms. The number of hydrogen-bond donors (Lipinski definition) is 1. The molecule has 0 bridgehead atoms. The third-order valence-corrected chi connectivity index (χ3v) is 5.99. The van der Waals surface area contributed by atoms with Gasteiger partial charge in [0, 0.05) is 12.6 Å². The molecule has 148 valence electrons. The molecule has 1 atom stereocenters. The first-order valence-corrected chi connectivity index (χ1v) is 11.1. The van der Waals surface area contributed by atoms with Gasteiger partial charge in [0.2, 0.25) is 15.9 Å². The lowest BCUT2D eigenvalue weighted by Crippen LogP contribution is -2.48. The summed E-state index contributed by atoms with van der Waals surface area (Å²) in [5, 5.41) is 2.87. The Morgan fingerprint density at radius 2 is 1.96 bits per heavy atom. The highest BCUT2D eigenvalue weighted by Crippen LogP contribution is 2.35. The van der Waals surface area contributed by atoms with Gasteiger partial charge in [-0.2, -0.15) is 0 Å². The Bertz CT molecular complexity index is 835. The maximum atomic E-state index is 12.6. The summed E-state index contributed by atoms with van der Waals surface area (Å²) < 4.78 is 37.0. The van der Waals surface area contributed by atoms with Crippen molar-refractivity contribution in [3.63, 3.8) is 0 Å². The minimum atomic E-state index is -3.67. The average molecular weight is 394 g/mol. The molecule has 1 N–H and O–H groups in total. The Hall–Kier alpha value is -2.22. The maximum absolute atomic E-state index is 12.6. The van der Waals surface area contributed by atoms with E-state index in [4.69, 9.17) is 9.47 Å². The number of nitrogens with one attached hydrogen (secondary N) is 1. The summed E-state index contributed by atoms with van der Waals surface area (Å²) in [6.45, 7) is 2.90. The predicted molar refractivity (Wildman–Crippen MR) is 104 cm³/mol. The molecular formula is C19H26N2O5S. The molecule has 0 fully saturated rings. The Morgan fingerprint density at radius 1 is 1.22 bits per heavy atom. The van der Waals surface area contributed by atoms with E-state index in [-0.39, 0.29) is 5.91 Å². The highest BCUT2D eigenvalue weighted by molar-refractivity contribution is 7.92. The molecule has 0 unspecified atom stereocenters. The highest BCUT2D eigenvalue weighted by Gasteiger charge is 2.30. The van der Waals surface area contributed by atoms with Gasteiger partial charge in [-0.1, -0.05) is 11.6 Å². The Labute approximate surface area is 160 Å². The summed E-state index contributed by atoms with van der Waals surface area (Å²) in [5.41, 5.74) is 1.58. The van der Waals surface area contributed by atoms with Crippen LogP contribution in [-0.2, 0) is 14.8 Å². The second kappa shape index (κ2) is 8.21. The zero-order valence-corrected chi connectivity index (χ0v) is 16.5. The van der Waals surface area contributed by atoms with E-state index in [1.807, 2.05) is 0 Å². The van der Waals surface area contributed by atoms with Gasteiger partial charge in [0.15, 0.2) is 11.5 Å². The number of sulfonamides is 1. The van der Waals surface area contributed by atoms with E-state index in [9.17, 15) is 13.2 Å². The molecule has 1 aromatic rings. The third kappa shape index (κ3) is 4.74. The molecule has 27 heavy (non-hydrogen) atoms.